The Morgan fingerprint density at radius 2 is 1.79 bits per heavy atom. The van der Waals surface area contributed by atoms with E-state index in [1.165, 1.54) is 23.6 Å². The Morgan fingerprint density at radius 3 is 2.45 bits per heavy atom. The first-order valence-electron chi connectivity index (χ1n) is 10.3. The molecule has 4 rings (SSSR count). The van der Waals surface area contributed by atoms with Gasteiger partial charge in [0, 0.05) is 6.04 Å². The molecule has 154 valence electrons. The first-order chi connectivity index (χ1) is 13.9. The standard InChI is InChI=1S/C23H28N2O3S/c1-16-7-6-10-22(17(16)2)25(29(27,28)20-8-4-3-5-9-20)15-23(26)24-21-14-18-11-12-19(21)13-18/h3-10,18-19,21H,11-15H2,1-2H3,(H,24,26)/t18-,19-,21-/m1/s1. The van der Waals surface area contributed by atoms with Gasteiger partial charge in [-0.3, -0.25) is 9.10 Å². The molecule has 2 aliphatic rings. The lowest BCUT2D eigenvalue weighted by molar-refractivity contribution is -0.120. The van der Waals surface area contributed by atoms with Gasteiger partial charge < -0.3 is 5.32 Å². The fourth-order valence-corrected chi connectivity index (χ4v) is 6.33. The van der Waals surface area contributed by atoms with Crippen LogP contribution < -0.4 is 9.62 Å². The number of aryl methyl sites for hydroxylation is 1. The maximum Gasteiger partial charge on any atom is 0.264 e. The van der Waals surface area contributed by atoms with E-state index < -0.39 is 10.0 Å². The van der Waals surface area contributed by atoms with Crippen molar-refractivity contribution < 1.29 is 13.2 Å². The second-order valence-electron chi connectivity index (χ2n) is 8.39. The van der Waals surface area contributed by atoms with E-state index in [4.69, 9.17) is 0 Å². The van der Waals surface area contributed by atoms with E-state index in [0.29, 0.717) is 17.5 Å². The second-order valence-corrected chi connectivity index (χ2v) is 10.3. The molecule has 2 saturated carbocycles. The first-order valence-corrected chi connectivity index (χ1v) is 11.7. The highest BCUT2D eigenvalue weighted by molar-refractivity contribution is 7.92. The number of sulfonamides is 1. The Balaban J connectivity index is 1.63. The van der Waals surface area contributed by atoms with Crippen molar-refractivity contribution in [1.82, 2.24) is 5.32 Å². The average molecular weight is 413 g/mol. The van der Waals surface area contributed by atoms with Crippen molar-refractivity contribution in [3.05, 3.63) is 59.7 Å². The summed E-state index contributed by atoms with van der Waals surface area (Å²) in [6.45, 7) is 3.63. The molecular formula is C23H28N2O3S. The van der Waals surface area contributed by atoms with Gasteiger partial charge in [-0.2, -0.15) is 0 Å². The Hall–Kier alpha value is -2.34. The van der Waals surface area contributed by atoms with Gasteiger partial charge in [-0.15, -0.1) is 0 Å². The summed E-state index contributed by atoms with van der Waals surface area (Å²) in [5, 5.41) is 3.12. The van der Waals surface area contributed by atoms with E-state index in [-0.39, 0.29) is 23.4 Å². The quantitative estimate of drug-likeness (QED) is 0.785. The van der Waals surface area contributed by atoms with E-state index in [2.05, 4.69) is 5.32 Å². The molecule has 2 fully saturated rings. The van der Waals surface area contributed by atoms with Crippen LogP contribution in [0.2, 0.25) is 0 Å². The van der Waals surface area contributed by atoms with Gasteiger partial charge in [0.15, 0.2) is 0 Å². The van der Waals surface area contributed by atoms with Crippen LogP contribution in [0.5, 0.6) is 0 Å². The highest BCUT2D eigenvalue weighted by Gasteiger charge is 2.40. The van der Waals surface area contributed by atoms with Gasteiger partial charge in [0.1, 0.15) is 6.54 Å². The van der Waals surface area contributed by atoms with Crippen molar-refractivity contribution >= 4 is 21.6 Å². The summed E-state index contributed by atoms with van der Waals surface area (Å²) < 4.78 is 28.1. The number of anilines is 1. The number of amides is 1. The minimum Gasteiger partial charge on any atom is -0.352 e. The molecule has 0 saturated heterocycles. The minimum absolute atomic E-state index is 0.182. The molecule has 0 aliphatic heterocycles. The van der Waals surface area contributed by atoms with Crippen LogP contribution >= 0.6 is 0 Å². The number of nitrogens with one attached hydrogen (secondary N) is 1. The Bertz CT molecular complexity index is 1000. The molecular weight excluding hydrogens is 384 g/mol. The van der Waals surface area contributed by atoms with Crippen LogP contribution in [0.3, 0.4) is 0 Å². The number of carbonyl (C=O) groups excluding carboxylic acids is 1. The van der Waals surface area contributed by atoms with Crippen LogP contribution in [0.15, 0.2) is 53.4 Å². The number of rotatable bonds is 6. The summed E-state index contributed by atoms with van der Waals surface area (Å²) in [7, 11) is -3.86. The number of hydrogen-bond donors (Lipinski definition) is 1. The Morgan fingerprint density at radius 1 is 1.03 bits per heavy atom. The van der Waals surface area contributed by atoms with Crippen LogP contribution in [0.4, 0.5) is 5.69 Å². The highest BCUT2D eigenvalue weighted by Crippen LogP contribution is 2.44. The molecule has 6 heteroatoms. The van der Waals surface area contributed by atoms with Gasteiger partial charge in [-0.25, -0.2) is 8.42 Å². The molecule has 5 nitrogen and oxygen atoms in total. The molecule has 1 N–H and O–H groups in total. The van der Waals surface area contributed by atoms with Gasteiger partial charge >= 0.3 is 0 Å². The fraction of sp³-hybridized carbons (Fsp3) is 0.435. The number of carbonyl (C=O) groups is 1. The lowest BCUT2D eigenvalue weighted by atomic mass is 9.95. The largest absolute Gasteiger partial charge is 0.352 e. The van der Waals surface area contributed by atoms with Crippen molar-refractivity contribution in [2.45, 2.75) is 50.5 Å². The Kier molecular flexibility index (Phi) is 5.38. The number of nitrogens with zero attached hydrogens (tertiary/aromatic N) is 1. The second kappa shape index (κ2) is 7.82. The van der Waals surface area contributed by atoms with Crippen molar-refractivity contribution in [3.8, 4) is 0 Å². The molecule has 0 aromatic heterocycles. The van der Waals surface area contributed by atoms with Gasteiger partial charge in [0.25, 0.3) is 10.0 Å². The zero-order valence-electron chi connectivity index (χ0n) is 17.0. The van der Waals surface area contributed by atoms with E-state index >= 15 is 0 Å². The van der Waals surface area contributed by atoms with Crippen LogP contribution in [-0.2, 0) is 14.8 Å². The summed E-state index contributed by atoms with van der Waals surface area (Å²) in [5.41, 5.74) is 2.40. The third-order valence-electron chi connectivity index (χ3n) is 6.55. The van der Waals surface area contributed by atoms with Crippen molar-refractivity contribution in [2.24, 2.45) is 11.8 Å². The van der Waals surface area contributed by atoms with Crippen LogP contribution in [0.25, 0.3) is 0 Å². The summed E-state index contributed by atoms with van der Waals surface area (Å²) in [6.07, 6.45) is 4.63. The van der Waals surface area contributed by atoms with E-state index in [1.807, 2.05) is 26.0 Å². The summed E-state index contributed by atoms with van der Waals surface area (Å²) >= 11 is 0. The zero-order valence-corrected chi connectivity index (χ0v) is 17.8. The Labute approximate surface area is 173 Å². The molecule has 0 unspecified atom stereocenters. The average Bonchev–Trinajstić information content (AvgIpc) is 3.32. The summed E-state index contributed by atoms with van der Waals surface area (Å²) in [4.78, 5) is 13.1. The molecule has 2 aromatic carbocycles. The van der Waals surface area contributed by atoms with Gasteiger partial charge in [-0.05, 0) is 74.3 Å². The topological polar surface area (TPSA) is 66.5 Å². The number of hydrogen-bond acceptors (Lipinski definition) is 3. The summed E-state index contributed by atoms with van der Waals surface area (Å²) in [5.74, 6) is 1.03. The maximum atomic E-state index is 13.4. The normalized spacial score (nSPS) is 23.2. The molecule has 1 amide bonds. The molecule has 3 atom stereocenters. The maximum absolute atomic E-state index is 13.4. The molecule has 2 aromatic rings. The summed E-state index contributed by atoms with van der Waals surface area (Å²) in [6, 6.07) is 14.0. The molecule has 2 aliphatic carbocycles. The molecule has 0 radical (unpaired) electrons. The minimum atomic E-state index is -3.86. The lowest BCUT2D eigenvalue weighted by Crippen LogP contribution is -2.46. The van der Waals surface area contributed by atoms with Gasteiger partial charge in [-0.1, -0.05) is 36.8 Å². The van der Waals surface area contributed by atoms with Crippen LogP contribution in [-0.4, -0.2) is 26.9 Å². The van der Waals surface area contributed by atoms with E-state index in [0.717, 1.165) is 17.5 Å². The van der Waals surface area contributed by atoms with Crippen molar-refractivity contribution in [3.63, 3.8) is 0 Å². The van der Waals surface area contributed by atoms with E-state index in [9.17, 15) is 13.2 Å². The van der Waals surface area contributed by atoms with Gasteiger partial charge in [0.2, 0.25) is 5.91 Å². The number of benzene rings is 2. The van der Waals surface area contributed by atoms with Gasteiger partial charge in [0.05, 0.1) is 10.6 Å². The molecule has 29 heavy (non-hydrogen) atoms. The van der Waals surface area contributed by atoms with Crippen LogP contribution in [0.1, 0.15) is 36.8 Å². The van der Waals surface area contributed by atoms with Crippen LogP contribution in [0, 0.1) is 25.7 Å². The third kappa shape index (κ3) is 3.90. The van der Waals surface area contributed by atoms with Crippen molar-refractivity contribution in [1.29, 1.82) is 0 Å². The molecule has 0 spiro atoms. The number of fused-ring (bicyclic) bond motifs is 2. The van der Waals surface area contributed by atoms with Crippen molar-refractivity contribution in [2.75, 3.05) is 10.8 Å². The highest BCUT2D eigenvalue weighted by atomic mass is 32.2. The fourth-order valence-electron chi connectivity index (χ4n) is 4.83. The zero-order chi connectivity index (χ0) is 20.6. The molecule has 2 bridgehead atoms. The monoisotopic (exact) mass is 412 g/mol. The predicted molar refractivity (Wildman–Crippen MR) is 114 cm³/mol. The van der Waals surface area contributed by atoms with E-state index in [1.54, 1.807) is 36.4 Å². The lowest BCUT2D eigenvalue weighted by Gasteiger charge is -2.28. The smallest absolute Gasteiger partial charge is 0.264 e. The first kappa shape index (κ1) is 20.0. The predicted octanol–water partition coefficient (Wildman–Crippen LogP) is 3.80. The molecule has 0 heterocycles. The third-order valence-corrected chi connectivity index (χ3v) is 8.32. The SMILES string of the molecule is Cc1cccc(N(CC(=O)N[C@@H]2C[C@@H]3CC[C@@H]2C3)S(=O)(=O)c2ccccc2)c1C.